The first-order chi connectivity index (χ1) is 17.0. The van der Waals surface area contributed by atoms with E-state index in [0.29, 0.717) is 21.0 Å². The van der Waals surface area contributed by atoms with Crippen LogP contribution < -0.4 is 16.2 Å². The van der Waals surface area contributed by atoms with Gasteiger partial charge in [0.1, 0.15) is 11.4 Å². The molecule has 0 saturated carbocycles. The number of thiophene rings is 1. The Labute approximate surface area is 207 Å². The molecule has 2 N–H and O–H groups in total. The molecule has 7 nitrogen and oxygen atoms in total. The van der Waals surface area contributed by atoms with Crippen LogP contribution in [0.15, 0.2) is 53.6 Å². The number of carbonyl (C=O) groups excluding carboxylic acids is 2. The van der Waals surface area contributed by atoms with Crippen molar-refractivity contribution in [2.75, 3.05) is 10.6 Å². The molecule has 2 heterocycles. The monoisotopic (exact) mass is 514 g/mol. The highest BCUT2D eigenvalue weighted by molar-refractivity contribution is 7.20. The molecule has 0 radical (unpaired) electrons. The highest BCUT2D eigenvalue weighted by Crippen LogP contribution is 2.34. The van der Waals surface area contributed by atoms with Crippen LogP contribution >= 0.6 is 11.3 Å². The maximum absolute atomic E-state index is 13.2. The van der Waals surface area contributed by atoms with E-state index < -0.39 is 41.3 Å². The first kappa shape index (κ1) is 25.1. The molecular formula is C25H21F3N4O3S. The van der Waals surface area contributed by atoms with Gasteiger partial charge in [-0.3, -0.25) is 19.0 Å². The molecule has 0 bridgehead atoms. The second kappa shape index (κ2) is 9.57. The largest absolute Gasteiger partial charge is 0.418 e. The molecule has 0 saturated heterocycles. The number of rotatable bonds is 5. The van der Waals surface area contributed by atoms with Gasteiger partial charge in [-0.1, -0.05) is 29.8 Å². The zero-order valence-electron chi connectivity index (χ0n) is 19.5. The van der Waals surface area contributed by atoms with Gasteiger partial charge in [0.25, 0.3) is 11.5 Å². The fourth-order valence-corrected chi connectivity index (χ4v) is 4.84. The average molecular weight is 515 g/mol. The fourth-order valence-electron chi connectivity index (χ4n) is 3.81. The predicted octanol–water partition coefficient (Wildman–Crippen LogP) is 5.29. The third kappa shape index (κ3) is 5.01. The molecule has 2 amide bonds. The van der Waals surface area contributed by atoms with Crippen LogP contribution in [0.5, 0.6) is 0 Å². The van der Waals surface area contributed by atoms with E-state index in [4.69, 9.17) is 0 Å². The Morgan fingerprint density at radius 2 is 1.75 bits per heavy atom. The van der Waals surface area contributed by atoms with E-state index in [9.17, 15) is 27.6 Å². The van der Waals surface area contributed by atoms with Gasteiger partial charge >= 0.3 is 6.18 Å². The number of alkyl halides is 3. The molecular weight excluding hydrogens is 493 g/mol. The molecule has 0 unspecified atom stereocenters. The number of amides is 2. The number of halogens is 3. The van der Waals surface area contributed by atoms with E-state index >= 15 is 0 Å². The van der Waals surface area contributed by atoms with Crippen LogP contribution in [-0.4, -0.2) is 21.4 Å². The number of para-hydroxylation sites is 1. The number of carbonyl (C=O) groups is 2. The summed E-state index contributed by atoms with van der Waals surface area (Å²) < 4.78 is 40.6. The number of nitrogens with one attached hydrogen (secondary N) is 2. The summed E-state index contributed by atoms with van der Waals surface area (Å²) in [5, 5.41) is 5.23. The molecule has 0 spiro atoms. The van der Waals surface area contributed by atoms with Gasteiger partial charge in [-0.2, -0.15) is 13.2 Å². The highest BCUT2D eigenvalue weighted by atomic mass is 32.1. The number of anilines is 2. The first-order valence-corrected chi connectivity index (χ1v) is 11.6. The van der Waals surface area contributed by atoms with Gasteiger partial charge in [0.2, 0.25) is 5.91 Å². The van der Waals surface area contributed by atoms with Crippen LogP contribution in [-0.2, 0) is 17.5 Å². The zero-order chi connectivity index (χ0) is 26.2. The molecule has 0 aliphatic heterocycles. The van der Waals surface area contributed by atoms with E-state index in [-0.39, 0.29) is 5.39 Å². The number of benzene rings is 2. The maximum atomic E-state index is 13.2. The maximum Gasteiger partial charge on any atom is 0.418 e. The van der Waals surface area contributed by atoms with Gasteiger partial charge in [0, 0.05) is 5.69 Å². The molecule has 0 aliphatic rings. The minimum atomic E-state index is -4.65. The van der Waals surface area contributed by atoms with Gasteiger partial charge in [-0.05, 0) is 50.1 Å². The van der Waals surface area contributed by atoms with Crippen molar-refractivity contribution in [3.05, 3.63) is 86.3 Å². The second-order valence-electron chi connectivity index (χ2n) is 8.28. The lowest BCUT2D eigenvalue weighted by Gasteiger charge is -2.13. The van der Waals surface area contributed by atoms with Gasteiger partial charge in [0.15, 0.2) is 0 Å². The number of hydrogen-bond donors (Lipinski definition) is 2. The smallest absolute Gasteiger partial charge is 0.324 e. The molecule has 4 aromatic rings. The molecule has 4 rings (SSSR count). The third-order valence-corrected chi connectivity index (χ3v) is 6.77. The van der Waals surface area contributed by atoms with Crippen molar-refractivity contribution < 1.29 is 22.8 Å². The van der Waals surface area contributed by atoms with Crippen molar-refractivity contribution in [2.24, 2.45) is 0 Å². The molecule has 186 valence electrons. The average Bonchev–Trinajstić information content (AvgIpc) is 3.14. The summed E-state index contributed by atoms with van der Waals surface area (Å²) >= 11 is 1.05. The quantitative estimate of drug-likeness (QED) is 0.378. The number of hydrogen-bond acceptors (Lipinski definition) is 5. The lowest BCUT2D eigenvalue weighted by molar-refractivity contribution is -0.137. The summed E-state index contributed by atoms with van der Waals surface area (Å²) in [5.41, 5.74) is 1.02. The third-order valence-electron chi connectivity index (χ3n) is 5.57. The van der Waals surface area contributed by atoms with Crippen molar-refractivity contribution in [1.82, 2.24) is 9.55 Å². The summed E-state index contributed by atoms with van der Waals surface area (Å²) in [5.74, 6) is -1.22. The van der Waals surface area contributed by atoms with Crippen molar-refractivity contribution >= 4 is 44.7 Å². The lowest BCUT2D eigenvalue weighted by Crippen LogP contribution is -2.28. The van der Waals surface area contributed by atoms with Crippen molar-refractivity contribution in [2.45, 2.75) is 33.5 Å². The number of nitrogens with zero attached hydrogens (tertiary/aromatic N) is 2. The van der Waals surface area contributed by atoms with Crippen molar-refractivity contribution in [1.29, 1.82) is 0 Å². The molecule has 2 aromatic carbocycles. The Morgan fingerprint density at radius 1 is 1.03 bits per heavy atom. The van der Waals surface area contributed by atoms with Crippen LogP contribution in [0.1, 0.15) is 31.9 Å². The Morgan fingerprint density at radius 3 is 2.44 bits per heavy atom. The van der Waals surface area contributed by atoms with Crippen molar-refractivity contribution in [3.8, 4) is 0 Å². The summed E-state index contributed by atoms with van der Waals surface area (Å²) in [4.78, 5) is 43.3. The normalized spacial score (nSPS) is 11.5. The number of aryl methyl sites for hydroxylation is 3. The Balaban J connectivity index is 1.59. The summed E-state index contributed by atoms with van der Waals surface area (Å²) in [6.45, 7) is 4.88. The molecule has 11 heteroatoms. The first-order valence-electron chi connectivity index (χ1n) is 10.8. The van der Waals surface area contributed by atoms with Crippen LogP contribution in [0, 0.1) is 20.8 Å². The Kier molecular flexibility index (Phi) is 6.68. The topological polar surface area (TPSA) is 93.1 Å². The molecule has 0 atom stereocenters. The molecule has 0 fully saturated rings. The van der Waals surface area contributed by atoms with E-state index in [1.54, 1.807) is 13.0 Å². The summed E-state index contributed by atoms with van der Waals surface area (Å²) in [7, 11) is 0. The SMILES string of the molecule is Cc1ccc(NC(=O)c2sc3ncn(CC(=O)Nc4ccccc4C(F)(F)F)c(=O)c3c2C)c(C)c1. The Bertz CT molecular complexity index is 1560. The van der Waals surface area contributed by atoms with Crippen LogP contribution in [0.25, 0.3) is 10.2 Å². The van der Waals surface area contributed by atoms with Gasteiger partial charge in [-0.25, -0.2) is 4.98 Å². The van der Waals surface area contributed by atoms with E-state index in [0.717, 1.165) is 45.5 Å². The number of aromatic nitrogens is 2. The van der Waals surface area contributed by atoms with Crippen LogP contribution in [0.2, 0.25) is 0 Å². The fraction of sp³-hybridized carbons (Fsp3) is 0.200. The minimum absolute atomic E-state index is 0.178. The standard InChI is InChI=1S/C25H21F3N4O3S/c1-13-8-9-17(14(2)10-13)31-22(34)21-15(3)20-23(36-21)29-12-32(24(20)35)11-19(33)30-18-7-5-4-6-16(18)25(26,27)28/h4-10,12H,11H2,1-3H3,(H,30,33)(H,31,34). The predicted molar refractivity (Wildman–Crippen MR) is 133 cm³/mol. The summed E-state index contributed by atoms with van der Waals surface area (Å²) in [6, 6.07) is 10.2. The summed E-state index contributed by atoms with van der Waals surface area (Å²) in [6.07, 6.45) is -3.51. The van der Waals surface area contributed by atoms with E-state index in [1.807, 2.05) is 26.0 Å². The lowest BCUT2D eigenvalue weighted by atomic mass is 10.1. The Hall–Kier alpha value is -3.99. The minimum Gasteiger partial charge on any atom is -0.324 e. The van der Waals surface area contributed by atoms with E-state index in [1.165, 1.54) is 12.1 Å². The van der Waals surface area contributed by atoms with Gasteiger partial charge in [-0.15, -0.1) is 11.3 Å². The molecule has 2 aromatic heterocycles. The molecule has 0 aliphatic carbocycles. The highest BCUT2D eigenvalue weighted by Gasteiger charge is 2.33. The molecule has 36 heavy (non-hydrogen) atoms. The van der Waals surface area contributed by atoms with Gasteiger partial charge < -0.3 is 10.6 Å². The van der Waals surface area contributed by atoms with Gasteiger partial charge in [0.05, 0.1) is 27.8 Å². The number of fused-ring (bicyclic) bond motifs is 1. The van der Waals surface area contributed by atoms with E-state index in [2.05, 4.69) is 15.6 Å². The van der Waals surface area contributed by atoms with Crippen LogP contribution in [0.4, 0.5) is 24.5 Å². The van der Waals surface area contributed by atoms with Crippen LogP contribution in [0.3, 0.4) is 0 Å². The van der Waals surface area contributed by atoms with Crippen molar-refractivity contribution in [3.63, 3.8) is 0 Å². The zero-order valence-corrected chi connectivity index (χ0v) is 20.3. The second-order valence-corrected chi connectivity index (χ2v) is 9.28.